The molecule has 3 aliphatic rings. The minimum atomic E-state index is -2.77. The van der Waals surface area contributed by atoms with E-state index in [4.69, 9.17) is 23.7 Å². The lowest BCUT2D eigenvalue weighted by Gasteiger charge is -2.56. The zero-order chi connectivity index (χ0) is 42.7. The number of carbonyl (C=O) groups is 1. The van der Waals surface area contributed by atoms with Crippen LogP contribution in [-0.4, -0.2) is 180 Å². The molecule has 0 unspecified atom stereocenters. The summed E-state index contributed by atoms with van der Waals surface area (Å²) >= 11 is 1.54. The molecule has 14 atom stereocenters. The third-order valence-corrected chi connectivity index (χ3v) is 12.7. The summed E-state index contributed by atoms with van der Waals surface area (Å²) in [5, 5.41) is 110. The molecule has 3 aliphatic heterocycles. The first-order valence-corrected chi connectivity index (χ1v) is 22.7. The number of unbranched alkanes of at least 4 members (excludes halogenated alkanes) is 15. The Morgan fingerprint density at radius 2 is 1.19 bits per heavy atom. The number of thioether (sulfide) groups is 1. The average molecular weight is 858 g/mol. The molecule has 1 amide bonds. The highest BCUT2D eigenvalue weighted by Gasteiger charge is 2.64. The minimum Gasteiger partial charge on any atom is -0.394 e. The van der Waals surface area contributed by atoms with Crippen LogP contribution < -0.4 is 5.32 Å². The van der Waals surface area contributed by atoms with Crippen molar-refractivity contribution in [2.75, 3.05) is 37.9 Å². The summed E-state index contributed by atoms with van der Waals surface area (Å²) in [5.41, 5.74) is -1.99. The summed E-state index contributed by atoms with van der Waals surface area (Å²) in [6.45, 7) is 0.292. The lowest BCUT2D eigenvalue weighted by atomic mass is 9.80. The summed E-state index contributed by atoms with van der Waals surface area (Å²) in [6, 6.07) is 0. The van der Waals surface area contributed by atoms with Gasteiger partial charge in [-0.05, 0) is 24.3 Å². The molecule has 0 aliphatic carbocycles. The molecule has 0 bridgehead atoms. The predicted octanol–water partition coefficient (Wildman–Crippen LogP) is 0.327. The van der Waals surface area contributed by atoms with Crippen molar-refractivity contribution in [2.24, 2.45) is 0 Å². The quantitative estimate of drug-likeness (QED) is 0.0374. The Balaban J connectivity index is 1.66. The van der Waals surface area contributed by atoms with E-state index in [1.165, 1.54) is 102 Å². The van der Waals surface area contributed by atoms with Crippen molar-refractivity contribution in [3.05, 3.63) is 0 Å². The maximum atomic E-state index is 12.8. The van der Waals surface area contributed by atoms with Crippen molar-refractivity contribution in [1.29, 1.82) is 0 Å². The first-order valence-electron chi connectivity index (χ1n) is 21.6. The molecule has 0 aromatic heterocycles. The number of amides is 1. The van der Waals surface area contributed by atoms with Crippen LogP contribution in [0.4, 0.5) is 0 Å². The maximum Gasteiger partial charge on any atom is 0.231 e. The van der Waals surface area contributed by atoms with Crippen molar-refractivity contribution in [2.45, 2.75) is 208 Å². The van der Waals surface area contributed by atoms with Crippen molar-refractivity contribution in [3.63, 3.8) is 0 Å². The number of hydrogen-bond donors (Lipinski definition) is 11. The van der Waals surface area contributed by atoms with Crippen LogP contribution in [0.3, 0.4) is 0 Å². The van der Waals surface area contributed by atoms with Gasteiger partial charge in [-0.25, -0.2) is 0 Å². The Kier molecular flexibility index (Phi) is 23.7. The van der Waals surface area contributed by atoms with Crippen LogP contribution in [0.2, 0.25) is 0 Å². The standard InChI is InChI=1S/C40H75NO16S/c1-3-4-5-6-7-8-9-10-11-12-13-14-15-16-17-18-20-58-21-19-39(41-26(2)45)36(52)32(48)29(23-43)55-38(39)57-40(30(24-44)53-25-27(46)35(40)51)56-37-34(50)33(49)31(47)28(22-42)54-37/h27-38,42-44,46-52H,3-25H2,1-2H3,(H,41,45)/t27-,28+,29+,30+,31-,32+,33-,34+,35+,36-,37-,38+,39-,40-/m0/s1. The average Bonchev–Trinajstić information content (AvgIpc) is 3.20. The van der Waals surface area contributed by atoms with Crippen molar-refractivity contribution in [3.8, 4) is 0 Å². The molecule has 11 N–H and O–H groups in total. The zero-order valence-electron chi connectivity index (χ0n) is 34.5. The second-order valence-electron chi connectivity index (χ2n) is 16.2. The Labute approximate surface area is 347 Å². The van der Waals surface area contributed by atoms with Gasteiger partial charge in [0.2, 0.25) is 11.7 Å². The minimum absolute atomic E-state index is 0.0867. The van der Waals surface area contributed by atoms with Gasteiger partial charge in [-0.1, -0.05) is 103 Å². The van der Waals surface area contributed by atoms with Gasteiger partial charge in [0.15, 0.2) is 12.6 Å². The number of rotatable bonds is 28. The fraction of sp³-hybridized carbons (Fsp3) is 0.975. The molecule has 3 saturated heterocycles. The fourth-order valence-corrected chi connectivity index (χ4v) is 9.16. The Morgan fingerprint density at radius 1 is 0.655 bits per heavy atom. The van der Waals surface area contributed by atoms with Crippen LogP contribution in [0.15, 0.2) is 0 Å². The highest BCUT2D eigenvalue weighted by Crippen LogP contribution is 2.42. The first-order chi connectivity index (χ1) is 27.8. The Hall–Kier alpha value is -0.780. The third-order valence-electron chi connectivity index (χ3n) is 11.6. The number of ether oxygens (including phenoxy) is 5. The monoisotopic (exact) mass is 857 g/mol. The molecular weight excluding hydrogens is 782 g/mol. The summed E-state index contributed by atoms with van der Waals surface area (Å²) in [4.78, 5) is 12.8. The molecule has 3 rings (SSSR count). The van der Waals surface area contributed by atoms with E-state index in [-0.39, 0.29) is 6.42 Å². The van der Waals surface area contributed by atoms with Gasteiger partial charge >= 0.3 is 0 Å². The van der Waals surface area contributed by atoms with Gasteiger partial charge in [-0.15, -0.1) is 0 Å². The normalized spacial score (nSPS) is 36.9. The number of hydrogen-bond acceptors (Lipinski definition) is 17. The molecular formula is C40H75NO16S. The van der Waals surface area contributed by atoms with Gasteiger partial charge in [0.1, 0.15) is 66.6 Å². The Morgan fingerprint density at radius 3 is 1.71 bits per heavy atom. The summed E-state index contributed by atoms with van der Waals surface area (Å²) in [7, 11) is 0. The number of carbonyl (C=O) groups excluding carboxylic acids is 1. The van der Waals surface area contributed by atoms with Crippen LogP contribution in [0.1, 0.15) is 123 Å². The second kappa shape index (κ2) is 26.6. The largest absolute Gasteiger partial charge is 0.394 e. The zero-order valence-corrected chi connectivity index (χ0v) is 35.3. The molecule has 0 saturated carbocycles. The first kappa shape index (κ1) is 51.6. The highest BCUT2D eigenvalue weighted by atomic mass is 32.2. The van der Waals surface area contributed by atoms with Gasteiger partial charge in [0.25, 0.3) is 0 Å². The molecule has 0 aromatic rings. The van der Waals surface area contributed by atoms with E-state index in [0.29, 0.717) is 5.75 Å². The smallest absolute Gasteiger partial charge is 0.231 e. The van der Waals surface area contributed by atoms with Crippen molar-refractivity contribution < 1.29 is 79.5 Å². The summed E-state index contributed by atoms with van der Waals surface area (Å²) in [6.07, 6.45) is -1.78. The van der Waals surface area contributed by atoms with Crippen LogP contribution in [-0.2, 0) is 28.5 Å². The molecule has 17 nitrogen and oxygen atoms in total. The van der Waals surface area contributed by atoms with E-state index in [2.05, 4.69) is 12.2 Å². The van der Waals surface area contributed by atoms with Crippen molar-refractivity contribution >= 4 is 17.7 Å². The predicted molar refractivity (Wildman–Crippen MR) is 213 cm³/mol. The molecule has 342 valence electrons. The number of nitrogens with one attached hydrogen (secondary N) is 1. The van der Waals surface area contributed by atoms with E-state index in [9.17, 15) is 55.9 Å². The van der Waals surface area contributed by atoms with Gasteiger partial charge in [-0.3, -0.25) is 4.79 Å². The number of aliphatic hydroxyl groups is 10. The molecule has 0 radical (unpaired) electrons. The van der Waals surface area contributed by atoms with Gasteiger partial charge in [-0.2, -0.15) is 11.8 Å². The van der Waals surface area contributed by atoms with Gasteiger partial charge in [0.05, 0.1) is 26.4 Å². The summed E-state index contributed by atoms with van der Waals surface area (Å²) in [5.74, 6) is -2.37. The highest BCUT2D eigenvalue weighted by molar-refractivity contribution is 7.99. The van der Waals surface area contributed by atoms with Gasteiger partial charge < -0.3 is 80.1 Å². The van der Waals surface area contributed by atoms with Crippen LogP contribution >= 0.6 is 11.8 Å². The molecule has 3 fully saturated rings. The number of aliphatic hydroxyl groups excluding tert-OH is 10. The van der Waals surface area contributed by atoms with E-state index in [1.54, 1.807) is 0 Å². The molecule has 0 aromatic carbocycles. The maximum absolute atomic E-state index is 12.8. The van der Waals surface area contributed by atoms with Crippen molar-refractivity contribution in [1.82, 2.24) is 5.32 Å². The van der Waals surface area contributed by atoms with E-state index >= 15 is 0 Å². The topological polar surface area (TPSA) is 278 Å². The van der Waals surface area contributed by atoms with E-state index in [1.807, 2.05) is 0 Å². The van der Waals surface area contributed by atoms with Crippen LogP contribution in [0.5, 0.6) is 0 Å². The molecule has 18 heteroatoms. The molecule has 0 spiro atoms. The van der Waals surface area contributed by atoms with E-state index < -0.39 is 117 Å². The Bertz CT molecular complexity index is 1130. The SMILES string of the molecule is CCCCCCCCCCCCCCCCCCSCC[C@@]1(NC(C)=O)[C@@H](O[C@]2(O[C@@H]3O[C@H](CO)[C@H](O)[C@H](O)[C@H]3O)[C@H](O)[C@@H](O)CO[C@@H]2CO)O[C@H](CO)[C@@H](O)[C@@H]1O. The molecule has 58 heavy (non-hydrogen) atoms. The third kappa shape index (κ3) is 14.1. The van der Waals surface area contributed by atoms with E-state index in [0.717, 1.165) is 25.0 Å². The van der Waals surface area contributed by atoms with Crippen LogP contribution in [0, 0.1) is 0 Å². The second-order valence-corrected chi connectivity index (χ2v) is 17.4. The fourth-order valence-electron chi connectivity index (χ4n) is 8.07. The molecule has 3 heterocycles. The van der Waals surface area contributed by atoms with Gasteiger partial charge in [0, 0.05) is 6.92 Å². The lowest BCUT2D eigenvalue weighted by Crippen LogP contribution is -2.77. The van der Waals surface area contributed by atoms with Crippen LogP contribution in [0.25, 0.3) is 0 Å². The lowest BCUT2D eigenvalue weighted by molar-refractivity contribution is -0.464. The summed E-state index contributed by atoms with van der Waals surface area (Å²) < 4.78 is 29.3.